The van der Waals surface area contributed by atoms with E-state index in [1.807, 2.05) is 0 Å². The molecule has 0 aliphatic carbocycles. The van der Waals surface area contributed by atoms with Crippen LogP contribution in [0.1, 0.15) is 78.6 Å². The largest absolute Gasteiger partial charge is 0.379 e. The van der Waals surface area contributed by atoms with E-state index in [2.05, 4.69) is 26.1 Å². The molecule has 0 aliphatic rings. The molecule has 114 valence electrons. The molecule has 1 N–H and O–H groups in total. The lowest BCUT2D eigenvalue weighted by Gasteiger charge is -2.07. The van der Waals surface area contributed by atoms with Crippen molar-refractivity contribution in [3.63, 3.8) is 0 Å². The molecule has 0 radical (unpaired) electrons. The van der Waals surface area contributed by atoms with Gasteiger partial charge in [-0.2, -0.15) is 0 Å². The fraction of sp³-hybridized carbons (Fsp3) is 0.938. The molecule has 0 saturated heterocycles. The zero-order valence-electron chi connectivity index (χ0n) is 13.2. The van der Waals surface area contributed by atoms with E-state index in [1.165, 1.54) is 19.3 Å². The average Bonchev–Trinajstić information content (AvgIpc) is 2.37. The summed E-state index contributed by atoms with van der Waals surface area (Å²) in [6.45, 7) is 8.02. The van der Waals surface area contributed by atoms with Crippen molar-refractivity contribution in [3.8, 4) is 0 Å². The van der Waals surface area contributed by atoms with Crippen molar-refractivity contribution in [2.45, 2.75) is 84.7 Å². The minimum atomic E-state index is 0.218. The number of rotatable bonds is 13. The number of unbranched alkanes of at least 4 members (excludes halogenated alkanes) is 6. The van der Waals surface area contributed by atoms with Crippen molar-refractivity contribution in [1.29, 1.82) is 0 Å². The number of carbonyl (C=O) groups is 1. The fourth-order valence-electron chi connectivity index (χ4n) is 1.93. The lowest BCUT2D eigenvalue weighted by molar-refractivity contribution is -0.121. The van der Waals surface area contributed by atoms with Crippen molar-refractivity contribution in [2.75, 3.05) is 13.2 Å². The summed E-state index contributed by atoms with van der Waals surface area (Å²) in [5.41, 5.74) is 0. The molecule has 0 saturated carbocycles. The van der Waals surface area contributed by atoms with Gasteiger partial charge in [-0.3, -0.25) is 4.79 Å². The Balaban J connectivity index is 3.16. The monoisotopic (exact) mass is 271 g/mol. The Labute approximate surface area is 119 Å². The average molecular weight is 271 g/mol. The summed E-state index contributed by atoms with van der Waals surface area (Å²) in [4.78, 5) is 11.5. The first-order chi connectivity index (χ1) is 9.16. The zero-order valence-corrected chi connectivity index (χ0v) is 13.2. The quantitative estimate of drug-likeness (QED) is 0.513. The van der Waals surface area contributed by atoms with Crippen LogP contribution in [0.25, 0.3) is 0 Å². The van der Waals surface area contributed by atoms with E-state index in [4.69, 9.17) is 4.74 Å². The minimum Gasteiger partial charge on any atom is -0.379 e. The number of nitrogens with one attached hydrogen (secondary N) is 1. The number of hydrogen-bond acceptors (Lipinski definition) is 2. The van der Waals surface area contributed by atoms with E-state index in [-0.39, 0.29) is 5.91 Å². The van der Waals surface area contributed by atoms with Gasteiger partial charge in [-0.25, -0.2) is 0 Å². The summed E-state index contributed by atoms with van der Waals surface area (Å²) in [6, 6.07) is 0. The SMILES string of the molecule is CCCCCCNC(=O)CCCCCCOC(C)C. The Bertz CT molecular complexity index is 205. The van der Waals surface area contributed by atoms with E-state index < -0.39 is 0 Å². The lowest BCUT2D eigenvalue weighted by atomic mass is 10.1. The van der Waals surface area contributed by atoms with Crippen LogP contribution >= 0.6 is 0 Å². The molecule has 0 heterocycles. The van der Waals surface area contributed by atoms with Gasteiger partial charge in [-0.05, 0) is 33.1 Å². The van der Waals surface area contributed by atoms with Gasteiger partial charge in [0.1, 0.15) is 0 Å². The highest BCUT2D eigenvalue weighted by atomic mass is 16.5. The highest BCUT2D eigenvalue weighted by Crippen LogP contribution is 2.04. The zero-order chi connectivity index (χ0) is 14.3. The highest BCUT2D eigenvalue weighted by Gasteiger charge is 2.00. The van der Waals surface area contributed by atoms with Crippen LogP contribution in [-0.4, -0.2) is 25.2 Å². The molecular weight excluding hydrogens is 238 g/mol. The van der Waals surface area contributed by atoms with Gasteiger partial charge in [0, 0.05) is 19.6 Å². The van der Waals surface area contributed by atoms with E-state index in [0.29, 0.717) is 12.5 Å². The second-order valence-electron chi connectivity index (χ2n) is 5.49. The van der Waals surface area contributed by atoms with Crippen molar-refractivity contribution >= 4 is 5.91 Å². The van der Waals surface area contributed by atoms with Gasteiger partial charge in [-0.15, -0.1) is 0 Å². The second-order valence-corrected chi connectivity index (χ2v) is 5.49. The molecule has 0 spiro atoms. The molecular formula is C16H33NO2. The third-order valence-electron chi connectivity index (χ3n) is 3.10. The summed E-state index contributed by atoms with van der Waals surface area (Å²) in [5.74, 6) is 0.218. The van der Waals surface area contributed by atoms with Crippen molar-refractivity contribution in [1.82, 2.24) is 5.32 Å². The third kappa shape index (κ3) is 15.4. The Morgan fingerprint density at radius 1 is 1.00 bits per heavy atom. The predicted octanol–water partition coefficient (Wildman–Crippen LogP) is 4.06. The molecule has 0 aliphatic heterocycles. The first-order valence-corrected chi connectivity index (χ1v) is 8.05. The van der Waals surface area contributed by atoms with Crippen LogP contribution in [0.4, 0.5) is 0 Å². The molecule has 19 heavy (non-hydrogen) atoms. The summed E-state index contributed by atoms with van der Waals surface area (Å²) >= 11 is 0. The van der Waals surface area contributed by atoms with Gasteiger partial charge < -0.3 is 10.1 Å². The maximum Gasteiger partial charge on any atom is 0.219 e. The van der Waals surface area contributed by atoms with Gasteiger partial charge in [0.15, 0.2) is 0 Å². The van der Waals surface area contributed by atoms with Crippen molar-refractivity contribution in [2.24, 2.45) is 0 Å². The molecule has 3 heteroatoms. The van der Waals surface area contributed by atoms with Crippen LogP contribution in [0.2, 0.25) is 0 Å². The Morgan fingerprint density at radius 3 is 2.37 bits per heavy atom. The molecule has 0 fully saturated rings. The number of ether oxygens (including phenoxy) is 1. The highest BCUT2D eigenvalue weighted by molar-refractivity contribution is 5.75. The summed E-state index contributed by atoms with van der Waals surface area (Å²) < 4.78 is 5.48. The Kier molecular flexibility index (Phi) is 13.4. The Morgan fingerprint density at radius 2 is 1.68 bits per heavy atom. The first-order valence-electron chi connectivity index (χ1n) is 8.05. The smallest absolute Gasteiger partial charge is 0.219 e. The van der Waals surface area contributed by atoms with Crippen molar-refractivity contribution < 1.29 is 9.53 Å². The maximum atomic E-state index is 11.5. The topological polar surface area (TPSA) is 38.3 Å². The first kappa shape index (κ1) is 18.4. The molecule has 0 aromatic carbocycles. The van der Waals surface area contributed by atoms with Crippen LogP contribution in [0.15, 0.2) is 0 Å². The second kappa shape index (κ2) is 13.9. The number of hydrogen-bond donors (Lipinski definition) is 1. The fourth-order valence-corrected chi connectivity index (χ4v) is 1.93. The molecule has 0 bridgehead atoms. The van der Waals surface area contributed by atoms with Crippen LogP contribution < -0.4 is 5.32 Å². The lowest BCUT2D eigenvalue weighted by Crippen LogP contribution is -2.23. The summed E-state index contributed by atoms with van der Waals surface area (Å²) in [7, 11) is 0. The molecule has 0 aromatic heterocycles. The summed E-state index contributed by atoms with van der Waals surface area (Å²) in [5, 5.41) is 2.99. The molecule has 0 aromatic rings. The maximum absolute atomic E-state index is 11.5. The predicted molar refractivity (Wildman–Crippen MR) is 81.3 cm³/mol. The van der Waals surface area contributed by atoms with E-state index in [1.54, 1.807) is 0 Å². The third-order valence-corrected chi connectivity index (χ3v) is 3.10. The molecule has 1 amide bonds. The van der Waals surface area contributed by atoms with E-state index >= 15 is 0 Å². The van der Waals surface area contributed by atoms with Crippen LogP contribution in [-0.2, 0) is 9.53 Å². The molecule has 0 atom stereocenters. The number of carbonyl (C=O) groups excluding carboxylic acids is 1. The van der Waals surface area contributed by atoms with Gasteiger partial charge in [0.25, 0.3) is 0 Å². The number of amides is 1. The van der Waals surface area contributed by atoms with Crippen molar-refractivity contribution in [3.05, 3.63) is 0 Å². The molecule has 0 unspecified atom stereocenters. The van der Waals surface area contributed by atoms with Gasteiger partial charge >= 0.3 is 0 Å². The normalized spacial score (nSPS) is 10.9. The van der Waals surface area contributed by atoms with E-state index in [0.717, 1.165) is 45.3 Å². The van der Waals surface area contributed by atoms with Crippen LogP contribution in [0, 0.1) is 0 Å². The molecule has 3 nitrogen and oxygen atoms in total. The Hall–Kier alpha value is -0.570. The van der Waals surface area contributed by atoms with Crippen LogP contribution in [0.5, 0.6) is 0 Å². The van der Waals surface area contributed by atoms with E-state index in [9.17, 15) is 4.79 Å². The van der Waals surface area contributed by atoms with Gasteiger partial charge in [0.2, 0.25) is 5.91 Å². The molecule has 0 rings (SSSR count). The van der Waals surface area contributed by atoms with Crippen LogP contribution in [0.3, 0.4) is 0 Å². The van der Waals surface area contributed by atoms with Gasteiger partial charge in [0.05, 0.1) is 6.10 Å². The standard InChI is InChI=1S/C16H33NO2/c1-4-5-6-10-13-17-16(18)12-9-7-8-11-14-19-15(2)3/h15H,4-14H2,1-3H3,(H,17,18). The van der Waals surface area contributed by atoms with Gasteiger partial charge in [-0.1, -0.05) is 39.0 Å². The minimum absolute atomic E-state index is 0.218. The summed E-state index contributed by atoms with van der Waals surface area (Å²) in [6.07, 6.45) is 10.3.